The van der Waals surface area contributed by atoms with Gasteiger partial charge in [-0.05, 0) is 25.7 Å². The van der Waals surface area contributed by atoms with Crippen molar-refractivity contribution in [1.82, 2.24) is 4.98 Å². The second-order valence-electron chi connectivity index (χ2n) is 3.78. The summed E-state index contributed by atoms with van der Waals surface area (Å²) in [7, 11) is 0. The molecule has 0 saturated heterocycles. The summed E-state index contributed by atoms with van der Waals surface area (Å²) < 4.78 is 0. The van der Waals surface area contributed by atoms with E-state index < -0.39 is 0 Å². The van der Waals surface area contributed by atoms with E-state index in [1.165, 1.54) is 4.88 Å². The van der Waals surface area contributed by atoms with Gasteiger partial charge in [-0.15, -0.1) is 11.3 Å². The summed E-state index contributed by atoms with van der Waals surface area (Å²) in [5, 5.41) is 1.02. The topological polar surface area (TPSA) is 30.0 Å². The molecule has 0 saturated carbocycles. The normalized spacial score (nSPS) is 22.6. The lowest BCUT2D eigenvalue weighted by Crippen LogP contribution is -2.03. The Morgan fingerprint density at radius 1 is 1.54 bits per heavy atom. The standard InChI is InChI=1S/C10H13NOS/c1-6-3-4-9-10(8(12)5-6)11-7(2)13-9/h6H,3-5H2,1-2H3/t6-/m0/s1. The zero-order valence-electron chi connectivity index (χ0n) is 7.96. The summed E-state index contributed by atoms with van der Waals surface area (Å²) in [6.07, 6.45) is 2.84. The third-order valence-corrected chi connectivity index (χ3v) is 3.50. The number of carbonyl (C=O) groups is 1. The minimum absolute atomic E-state index is 0.240. The Hall–Kier alpha value is -0.700. The van der Waals surface area contributed by atoms with Crippen molar-refractivity contribution in [2.24, 2.45) is 5.92 Å². The lowest BCUT2D eigenvalue weighted by molar-refractivity contribution is 0.0963. The summed E-state index contributed by atoms with van der Waals surface area (Å²) >= 11 is 1.68. The predicted octanol–water partition coefficient (Wildman–Crippen LogP) is 2.61. The lowest BCUT2D eigenvalue weighted by Gasteiger charge is -2.02. The van der Waals surface area contributed by atoms with E-state index in [2.05, 4.69) is 11.9 Å². The van der Waals surface area contributed by atoms with Crippen LogP contribution in [0.3, 0.4) is 0 Å². The minimum atomic E-state index is 0.240. The van der Waals surface area contributed by atoms with Crippen molar-refractivity contribution < 1.29 is 4.79 Å². The molecule has 2 rings (SSSR count). The molecule has 0 aliphatic heterocycles. The van der Waals surface area contributed by atoms with Crippen molar-refractivity contribution in [3.63, 3.8) is 0 Å². The Morgan fingerprint density at radius 2 is 2.31 bits per heavy atom. The molecule has 0 N–H and O–H groups in total. The van der Waals surface area contributed by atoms with Crippen molar-refractivity contribution in [3.05, 3.63) is 15.6 Å². The molecule has 0 unspecified atom stereocenters. The van der Waals surface area contributed by atoms with Crippen LogP contribution in [-0.2, 0) is 6.42 Å². The number of aryl methyl sites for hydroxylation is 2. The van der Waals surface area contributed by atoms with Crippen LogP contribution in [0.1, 0.15) is 40.1 Å². The highest BCUT2D eigenvalue weighted by atomic mass is 32.1. The van der Waals surface area contributed by atoms with Crippen LogP contribution in [0.5, 0.6) is 0 Å². The van der Waals surface area contributed by atoms with E-state index in [1.807, 2.05) is 6.92 Å². The van der Waals surface area contributed by atoms with Crippen molar-refractivity contribution in [2.45, 2.75) is 33.1 Å². The molecule has 0 amide bonds. The van der Waals surface area contributed by atoms with Crippen LogP contribution in [0.25, 0.3) is 0 Å². The number of hydrogen-bond donors (Lipinski definition) is 0. The van der Waals surface area contributed by atoms with Gasteiger partial charge in [0.25, 0.3) is 0 Å². The van der Waals surface area contributed by atoms with Crippen LogP contribution in [0.2, 0.25) is 0 Å². The summed E-state index contributed by atoms with van der Waals surface area (Å²) in [5.74, 6) is 0.763. The summed E-state index contributed by atoms with van der Waals surface area (Å²) in [6.45, 7) is 4.11. The second kappa shape index (κ2) is 3.22. The van der Waals surface area contributed by atoms with E-state index in [-0.39, 0.29) is 5.78 Å². The number of fused-ring (bicyclic) bond motifs is 1. The number of ketones is 1. The molecular weight excluding hydrogens is 182 g/mol. The van der Waals surface area contributed by atoms with Gasteiger partial charge >= 0.3 is 0 Å². The Labute approximate surface area is 82.0 Å². The van der Waals surface area contributed by atoms with Crippen LogP contribution < -0.4 is 0 Å². The van der Waals surface area contributed by atoms with E-state index >= 15 is 0 Å². The molecule has 3 heteroatoms. The van der Waals surface area contributed by atoms with Gasteiger partial charge in [0, 0.05) is 11.3 Å². The molecule has 2 nitrogen and oxygen atoms in total. The minimum Gasteiger partial charge on any atom is -0.292 e. The quantitative estimate of drug-likeness (QED) is 0.596. The first-order valence-corrected chi connectivity index (χ1v) is 5.48. The maximum atomic E-state index is 11.7. The first-order chi connectivity index (χ1) is 6.16. The van der Waals surface area contributed by atoms with Crippen LogP contribution in [0, 0.1) is 12.8 Å². The highest BCUT2D eigenvalue weighted by Gasteiger charge is 2.22. The number of thiazole rings is 1. The molecule has 70 valence electrons. The average Bonchev–Trinajstić information content (AvgIpc) is 2.38. The predicted molar refractivity (Wildman–Crippen MR) is 53.3 cm³/mol. The zero-order valence-corrected chi connectivity index (χ0v) is 8.78. The summed E-state index contributed by atoms with van der Waals surface area (Å²) in [4.78, 5) is 17.2. The van der Waals surface area contributed by atoms with Crippen LogP contribution >= 0.6 is 11.3 Å². The monoisotopic (exact) mass is 195 g/mol. The molecule has 0 bridgehead atoms. The SMILES string of the molecule is Cc1nc2c(s1)CC[C@H](C)CC2=O. The second-order valence-corrected chi connectivity index (χ2v) is 5.06. The van der Waals surface area contributed by atoms with Crippen molar-refractivity contribution in [1.29, 1.82) is 0 Å². The smallest absolute Gasteiger partial charge is 0.182 e. The summed E-state index contributed by atoms with van der Waals surface area (Å²) in [5.41, 5.74) is 0.756. The van der Waals surface area contributed by atoms with Gasteiger partial charge in [-0.1, -0.05) is 6.92 Å². The maximum Gasteiger partial charge on any atom is 0.182 e. The fourth-order valence-corrected chi connectivity index (χ4v) is 2.72. The third-order valence-electron chi connectivity index (χ3n) is 2.47. The van der Waals surface area contributed by atoms with E-state index in [4.69, 9.17) is 0 Å². The lowest BCUT2D eigenvalue weighted by atomic mass is 10.0. The van der Waals surface area contributed by atoms with Gasteiger partial charge in [0.1, 0.15) is 5.69 Å². The van der Waals surface area contributed by atoms with Gasteiger partial charge < -0.3 is 0 Å². The number of nitrogens with zero attached hydrogens (tertiary/aromatic N) is 1. The van der Waals surface area contributed by atoms with Crippen LogP contribution in [0.15, 0.2) is 0 Å². The number of hydrogen-bond acceptors (Lipinski definition) is 3. The molecule has 1 atom stereocenters. The maximum absolute atomic E-state index is 11.7. The molecule has 0 spiro atoms. The summed E-state index contributed by atoms with van der Waals surface area (Å²) in [6, 6.07) is 0. The van der Waals surface area contributed by atoms with Gasteiger partial charge in [0.2, 0.25) is 0 Å². The Morgan fingerprint density at radius 3 is 3.08 bits per heavy atom. The number of carbonyl (C=O) groups excluding carboxylic acids is 1. The third kappa shape index (κ3) is 1.66. The fraction of sp³-hybridized carbons (Fsp3) is 0.600. The Bertz CT molecular complexity index is 343. The zero-order chi connectivity index (χ0) is 9.42. The van der Waals surface area contributed by atoms with Crippen molar-refractivity contribution in [2.75, 3.05) is 0 Å². The van der Waals surface area contributed by atoms with Crippen molar-refractivity contribution in [3.8, 4) is 0 Å². The molecule has 0 radical (unpaired) electrons. The number of Topliss-reactive ketones (excluding diaryl/α,β-unsaturated/α-hetero) is 1. The van der Waals surface area contributed by atoms with Crippen LogP contribution in [-0.4, -0.2) is 10.8 Å². The molecule has 0 fully saturated rings. The first-order valence-electron chi connectivity index (χ1n) is 4.66. The first kappa shape index (κ1) is 8.88. The van der Waals surface area contributed by atoms with Gasteiger partial charge in [-0.3, -0.25) is 4.79 Å². The fourth-order valence-electron chi connectivity index (χ4n) is 1.75. The van der Waals surface area contributed by atoms with Gasteiger partial charge in [-0.25, -0.2) is 4.98 Å². The van der Waals surface area contributed by atoms with Crippen molar-refractivity contribution >= 4 is 17.1 Å². The Balaban J connectivity index is 2.39. The highest BCUT2D eigenvalue weighted by Crippen LogP contribution is 2.27. The molecule has 0 aromatic carbocycles. The van der Waals surface area contributed by atoms with E-state index in [0.717, 1.165) is 23.5 Å². The molecule has 1 heterocycles. The number of aromatic nitrogens is 1. The van der Waals surface area contributed by atoms with Gasteiger partial charge in [0.05, 0.1) is 5.01 Å². The van der Waals surface area contributed by atoms with E-state index in [0.29, 0.717) is 12.3 Å². The highest BCUT2D eigenvalue weighted by molar-refractivity contribution is 7.11. The van der Waals surface area contributed by atoms with E-state index in [1.54, 1.807) is 11.3 Å². The molecular formula is C10H13NOS. The molecule has 1 aromatic heterocycles. The van der Waals surface area contributed by atoms with Crippen LogP contribution in [0.4, 0.5) is 0 Å². The molecule has 1 aliphatic carbocycles. The Kier molecular flexibility index (Phi) is 2.20. The molecule has 1 aliphatic rings. The van der Waals surface area contributed by atoms with Gasteiger partial charge in [0.15, 0.2) is 5.78 Å². The van der Waals surface area contributed by atoms with Gasteiger partial charge in [-0.2, -0.15) is 0 Å². The number of rotatable bonds is 0. The average molecular weight is 195 g/mol. The molecule has 1 aromatic rings. The largest absolute Gasteiger partial charge is 0.292 e. The molecule has 13 heavy (non-hydrogen) atoms. The van der Waals surface area contributed by atoms with E-state index in [9.17, 15) is 4.79 Å².